The zero-order valence-corrected chi connectivity index (χ0v) is 18.6. The third kappa shape index (κ3) is 4.22. The Kier molecular flexibility index (Phi) is 5.86. The Hall–Kier alpha value is -3.08. The van der Waals surface area contributed by atoms with E-state index >= 15 is 0 Å². The number of piperidine rings is 1. The number of aromatic nitrogens is 1. The number of hydrogen-bond donors (Lipinski definition) is 1. The topological polar surface area (TPSA) is 54.3 Å². The molecule has 1 aliphatic rings. The van der Waals surface area contributed by atoms with Crippen LogP contribution in [-0.2, 0) is 21.5 Å². The summed E-state index contributed by atoms with van der Waals surface area (Å²) in [6, 6.07) is 18.2. The number of anilines is 1. The Morgan fingerprint density at radius 1 is 1.03 bits per heavy atom. The molecule has 2 aromatic carbocycles. The van der Waals surface area contributed by atoms with Crippen LogP contribution in [0.3, 0.4) is 0 Å². The molecule has 1 N–H and O–H groups in total. The van der Waals surface area contributed by atoms with Crippen LogP contribution in [0.4, 0.5) is 5.69 Å². The molecule has 31 heavy (non-hydrogen) atoms. The van der Waals surface area contributed by atoms with Crippen LogP contribution in [0.25, 0.3) is 10.9 Å². The monoisotopic (exact) mass is 417 g/mol. The van der Waals surface area contributed by atoms with Crippen LogP contribution < -0.4 is 5.32 Å². The molecule has 1 aliphatic heterocycles. The highest BCUT2D eigenvalue weighted by Crippen LogP contribution is 2.37. The highest BCUT2D eigenvalue weighted by molar-refractivity contribution is 6.01. The van der Waals surface area contributed by atoms with Gasteiger partial charge in [-0.3, -0.25) is 9.59 Å². The van der Waals surface area contributed by atoms with Crippen LogP contribution in [0.15, 0.2) is 60.8 Å². The van der Waals surface area contributed by atoms with Gasteiger partial charge in [0.2, 0.25) is 11.8 Å². The highest BCUT2D eigenvalue weighted by Gasteiger charge is 2.43. The summed E-state index contributed by atoms with van der Waals surface area (Å²) in [5.74, 6) is 0.642. The summed E-state index contributed by atoms with van der Waals surface area (Å²) in [5, 5.41) is 4.31. The number of hydrogen-bond acceptors (Lipinski definition) is 2. The SMILES string of the molecule is CC(=O)N1CCC(C(=O)Nc2ccc3c(ccn3CC(C)C)c2)(c2ccccc2)CC1. The minimum atomic E-state index is -0.633. The maximum absolute atomic E-state index is 13.6. The Morgan fingerprint density at radius 3 is 2.39 bits per heavy atom. The minimum Gasteiger partial charge on any atom is -0.347 e. The average Bonchev–Trinajstić information content (AvgIpc) is 3.15. The van der Waals surface area contributed by atoms with E-state index in [4.69, 9.17) is 0 Å². The predicted octanol–water partition coefficient (Wildman–Crippen LogP) is 4.82. The summed E-state index contributed by atoms with van der Waals surface area (Å²) in [7, 11) is 0. The smallest absolute Gasteiger partial charge is 0.235 e. The zero-order valence-electron chi connectivity index (χ0n) is 18.6. The molecule has 0 saturated carbocycles. The molecule has 1 fully saturated rings. The van der Waals surface area contributed by atoms with Gasteiger partial charge in [-0.1, -0.05) is 44.2 Å². The molecule has 1 saturated heterocycles. The molecule has 0 spiro atoms. The van der Waals surface area contributed by atoms with Gasteiger partial charge in [0.1, 0.15) is 0 Å². The molecule has 162 valence electrons. The normalized spacial score (nSPS) is 15.9. The fourth-order valence-corrected chi connectivity index (χ4v) is 4.69. The number of benzene rings is 2. The van der Waals surface area contributed by atoms with E-state index in [1.165, 1.54) is 5.52 Å². The van der Waals surface area contributed by atoms with Gasteiger partial charge in [-0.15, -0.1) is 0 Å². The summed E-state index contributed by atoms with van der Waals surface area (Å²) in [5.41, 5.74) is 2.37. The maximum atomic E-state index is 13.6. The lowest BCUT2D eigenvalue weighted by atomic mass is 9.72. The van der Waals surface area contributed by atoms with Crippen LogP contribution in [0.1, 0.15) is 39.2 Å². The van der Waals surface area contributed by atoms with Gasteiger partial charge >= 0.3 is 0 Å². The fraction of sp³-hybridized carbons (Fsp3) is 0.385. The third-order valence-electron chi connectivity index (χ3n) is 6.41. The van der Waals surface area contributed by atoms with Crippen molar-refractivity contribution in [3.05, 3.63) is 66.4 Å². The third-order valence-corrected chi connectivity index (χ3v) is 6.41. The van der Waals surface area contributed by atoms with Crippen molar-refractivity contribution in [2.75, 3.05) is 18.4 Å². The van der Waals surface area contributed by atoms with Crippen molar-refractivity contribution in [1.29, 1.82) is 0 Å². The van der Waals surface area contributed by atoms with Crippen LogP contribution in [0.2, 0.25) is 0 Å². The number of carbonyl (C=O) groups excluding carboxylic acids is 2. The summed E-state index contributed by atoms with van der Waals surface area (Å²) in [4.78, 5) is 27.3. The molecule has 2 amide bonds. The predicted molar refractivity (Wildman–Crippen MR) is 125 cm³/mol. The number of rotatable bonds is 5. The first-order valence-corrected chi connectivity index (χ1v) is 11.1. The van der Waals surface area contributed by atoms with Gasteiger partial charge in [0, 0.05) is 49.3 Å². The summed E-state index contributed by atoms with van der Waals surface area (Å²) >= 11 is 0. The van der Waals surface area contributed by atoms with Gasteiger partial charge in [-0.25, -0.2) is 0 Å². The molecule has 0 unspecified atom stereocenters. The van der Waals surface area contributed by atoms with E-state index in [1.807, 2.05) is 47.4 Å². The number of carbonyl (C=O) groups is 2. The Morgan fingerprint density at radius 2 is 1.74 bits per heavy atom. The first-order valence-electron chi connectivity index (χ1n) is 11.1. The maximum Gasteiger partial charge on any atom is 0.235 e. The van der Waals surface area contributed by atoms with E-state index in [9.17, 15) is 9.59 Å². The molecule has 4 rings (SSSR count). The van der Waals surface area contributed by atoms with E-state index in [0.29, 0.717) is 31.8 Å². The minimum absolute atomic E-state index is 0.00265. The molecular weight excluding hydrogens is 386 g/mol. The van der Waals surface area contributed by atoms with Gasteiger partial charge in [0.15, 0.2) is 0 Å². The van der Waals surface area contributed by atoms with Crippen LogP contribution >= 0.6 is 0 Å². The van der Waals surface area contributed by atoms with E-state index in [1.54, 1.807) is 6.92 Å². The van der Waals surface area contributed by atoms with Crippen molar-refractivity contribution >= 4 is 28.4 Å². The second kappa shape index (κ2) is 8.58. The molecular formula is C26H31N3O2. The van der Waals surface area contributed by atoms with E-state index in [2.05, 4.69) is 42.1 Å². The molecule has 0 bridgehead atoms. The molecule has 0 aliphatic carbocycles. The summed E-state index contributed by atoms with van der Waals surface area (Å²) < 4.78 is 2.26. The number of amides is 2. The summed E-state index contributed by atoms with van der Waals surface area (Å²) in [6.07, 6.45) is 3.35. The first kappa shape index (κ1) is 21.2. The van der Waals surface area contributed by atoms with Crippen molar-refractivity contribution in [1.82, 2.24) is 9.47 Å². The van der Waals surface area contributed by atoms with Crippen molar-refractivity contribution in [2.45, 2.75) is 45.6 Å². The molecule has 5 nitrogen and oxygen atoms in total. The first-order chi connectivity index (χ1) is 14.9. The summed E-state index contributed by atoms with van der Waals surface area (Å²) in [6.45, 7) is 8.17. The second-order valence-corrected chi connectivity index (χ2v) is 9.04. The van der Waals surface area contributed by atoms with Crippen molar-refractivity contribution in [2.24, 2.45) is 5.92 Å². The van der Waals surface area contributed by atoms with Crippen molar-refractivity contribution in [3.63, 3.8) is 0 Å². The molecule has 0 radical (unpaired) electrons. The fourth-order valence-electron chi connectivity index (χ4n) is 4.69. The lowest BCUT2D eigenvalue weighted by molar-refractivity contribution is -0.133. The Labute approximate surface area is 184 Å². The van der Waals surface area contributed by atoms with Crippen molar-refractivity contribution < 1.29 is 9.59 Å². The van der Waals surface area contributed by atoms with Crippen molar-refractivity contribution in [3.8, 4) is 0 Å². The molecule has 0 atom stereocenters. The van der Waals surface area contributed by atoms with Gasteiger partial charge in [-0.05, 0) is 48.6 Å². The zero-order chi connectivity index (χ0) is 22.0. The van der Waals surface area contributed by atoms with E-state index in [-0.39, 0.29) is 11.8 Å². The number of fused-ring (bicyclic) bond motifs is 1. The van der Waals surface area contributed by atoms with Gasteiger partial charge in [0.05, 0.1) is 5.41 Å². The lowest BCUT2D eigenvalue weighted by Crippen LogP contribution is -2.50. The van der Waals surface area contributed by atoms with Gasteiger partial charge in [0.25, 0.3) is 0 Å². The molecule has 1 aromatic heterocycles. The lowest BCUT2D eigenvalue weighted by Gasteiger charge is -2.40. The number of likely N-dealkylation sites (tertiary alicyclic amines) is 1. The molecule has 2 heterocycles. The second-order valence-electron chi connectivity index (χ2n) is 9.04. The van der Waals surface area contributed by atoms with E-state index < -0.39 is 5.41 Å². The van der Waals surface area contributed by atoms with Gasteiger partial charge < -0.3 is 14.8 Å². The largest absolute Gasteiger partial charge is 0.347 e. The highest BCUT2D eigenvalue weighted by atomic mass is 16.2. The van der Waals surface area contributed by atoms with Gasteiger partial charge in [-0.2, -0.15) is 0 Å². The quantitative estimate of drug-likeness (QED) is 0.647. The van der Waals surface area contributed by atoms with E-state index in [0.717, 1.165) is 23.2 Å². The Bertz CT molecular complexity index is 1080. The van der Waals surface area contributed by atoms with Crippen LogP contribution in [0, 0.1) is 5.92 Å². The number of nitrogens with zero attached hydrogens (tertiary/aromatic N) is 2. The standard InChI is InChI=1S/C26H31N3O2/c1-19(2)18-29-14-11-21-17-23(9-10-24(21)29)27-25(31)26(22-7-5-4-6-8-22)12-15-28(16-13-26)20(3)30/h4-11,14,17,19H,12-13,15-16,18H2,1-3H3,(H,27,31). The Balaban J connectivity index is 1.60. The van der Waals surface area contributed by atoms with Crippen LogP contribution in [0.5, 0.6) is 0 Å². The molecule has 3 aromatic rings. The van der Waals surface area contributed by atoms with Crippen LogP contribution in [-0.4, -0.2) is 34.4 Å². The average molecular weight is 418 g/mol. The molecule has 5 heteroatoms. The number of nitrogens with one attached hydrogen (secondary N) is 1.